The van der Waals surface area contributed by atoms with Gasteiger partial charge in [0.25, 0.3) is 0 Å². The van der Waals surface area contributed by atoms with E-state index in [4.69, 9.17) is 0 Å². The Hall–Kier alpha value is -3.09. The summed E-state index contributed by atoms with van der Waals surface area (Å²) in [6, 6.07) is 16.0. The molecule has 2 heterocycles. The van der Waals surface area contributed by atoms with Crippen molar-refractivity contribution >= 4 is 17.7 Å². The number of carbonyl (C=O) groups is 1. The molecule has 1 fully saturated rings. The molecule has 2 aromatic rings. The Morgan fingerprint density at radius 3 is 2.45 bits per heavy atom. The number of aliphatic imine (C=N–C) groups is 1. The van der Waals surface area contributed by atoms with Crippen molar-refractivity contribution in [3.05, 3.63) is 60.3 Å². The molecule has 0 aliphatic carbocycles. The Bertz CT molecular complexity index is 787. The Labute approximate surface area is 173 Å². The third-order valence-corrected chi connectivity index (χ3v) is 5.11. The van der Waals surface area contributed by atoms with Crippen LogP contribution in [0.2, 0.25) is 0 Å². The number of piperazine rings is 1. The van der Waals surface area contributed by atoms with E-state index in [1.54, 1.807) is 7.05 Å². The molecule has 1 aliphatic rings. The van der Waals surface area contributed by atoms with Gasteiger partial charge in [0.15, 0.2) is 5.96 Å². The molecule has 0 spiro atoms. The van der Waals surface area contributed by atoms with Crippen molar-refractivity contribution in [2.45, 2.75) is 13.5 Å². The summed E-state index contributed by atoms with van der Waals surface area (Å²) >= 11 is 0. The summed E-state index contributed by atoms with van der Waals surface area (Å²) in [6.45, 7) is 6.98. The Morgan fingerprint density at radius 1 is 1.10 bits per heavy atom. The van der Waals surface area contributed by atoms with E-state index in [0.29, 0.717) is 13.1 Å². The molecule has 154 valence electrons. The third kappa shape index (κ3) is 5.70. The van der Waals surface area contributed by atoms with E-state index in [9.17, 15) is 4.79 Å². The van der Waals surface area contributed by atoms with E-state index in [-0.39, 0.29) is 12.5 Å². The highest BCUT2D eigenvalue weighted by atomic mass is 16.2. The SMILES string of the molecule is CCN(Cc1ccccc1)C(=O)CNC(=NC)N1CCN(c2ccccn2)CC1. The van der Waals surface area contributed by atoms with Crippen LogP contribution < -0.4 is 10.2 Å². The van der Waals surface area contributed by atoms with Gasteiger partial charge < -0.3 is 20.0 Å². The van der Waals surface area contributed by atoms with Crippen molar-refractivity contribution in [2.75, 3.05) is 51.2 Å². The molecule has 0 saturated carbocycles. The van der Waals surface area contributed by atoms with Gasteiger partial charge in [-0.05, 0) is 24.6 Å². The molecule has 7 nitrogen and oxygen atoms in total. The van der Waals surface area contributed by atoms with Crippen molar-refractivity contribution in [3.63, 3.8) is 0 Å². The van der Waals surface area contributed by atoms with Crippen LogP contribution in [0.5, 0.6) is 0 Å². The molecular formula is C22H30N6O. The average molecular weight is 395 g/mol. The van der Waals surface area contributed by atoms with Gasteiger partial charge in [0.05, 0.1) is 6.54 Å². The summed E-state index contributed by atoms with van der Waals surface area (Å²) in [6.07, 6.45) is 1.82. The first-order chi connectivity index (χ1) is 14.2. The van der Waals surface area contributed by atoms with Gasteiger partial charge in [0, 0.05) is 52.5 Å². The first kappa shape index (κ1) is 20.6. The number of pyridine rings is 1. The van der Waals surface area contributed by atoms with Crippen LogP contribution in [0.1, 0.15) is 12.5 Å². The van der Waals surface area contributed by atoms with Crippen LogP contribution in [0, 0.1) is 0 Å². The maximum atomic E-state index is 12.7. The fourth-order valence-electron chi connectivity index (χ4n) is 3.47. The van der Waals surface area contributed by atoms with E-state index >= 15 is 0 Å². The van der Waals surface area contributed by atoms with Crippen LogP contribution in [0.4, 0.5) is 5.82 Å². The minimum atomic E-state index is 0.0737. The maximum Gasteiger partial charge on any atom is 0.242 e. The predicted octanol–water partition coefficient (Wildman–Crippen LogP) is 1.83. The first-order valence-electron chi connectivity index (χ1n) is 10.1. The van der Waals surface area contributed by atoms with Crippen LogP contribution in [0.3, 0.4) is 0 Å². The molecule has 1 amide bonds. The molecule has 1 N–H and O–H groups in total. The molecule has 1 saturated heterocycles. The number of guanidine groups is 1. The minimum absolute atomic E-state index is 0.0737. The second-order valence-corrected chi connectivity index (χ2v) is 6.96. The van der Waals surface area contributed by atoms with E-state index < -0.39 is 0 Å². The van der Waals surface area contributed by atoms with Crippen molar-refractivity contribution in [1.82, 2.24) is 20.1 Å². The van der Waals surface area contributed by atoms with Gasteiger partial charge >= 0.3 is 0 Å². The Balaban J connectivity index is 1.49. The van der Waals surface area contributed by atoms with Crippen LogP contribution in [-0.4, -0.2) is 73.0 Å². The number of carbonyl (C=O) groups excluding carboxylic acids is 1. The zero-order valence-electron chi connectivity index (χ0n) is 17.3. The zero-order chi connectivity index (χ0) is 20.5. The zero-order valence-corrected chi connectivity index (χ0v) is 17.3. The number of amides is 1. The number of nitrogens with zero attached hydrogens (tertiary/aromatic N) is 5. The fourth-order valence-corrected chi connectivity index (χ4v) is 3.47. The van der Waals surface area contributed by atoms with Crippen molar-refractivity contribution in [2.24, 2.45) is 4.99 Å². The lowest BCUT2D eigenvalue weighted by Crippen LogP contribution is -2.54. The number of hydrogen-bond acceptors (Lipinski definition) is 4. The lowest BCUT2D eigenvalue weighted by molar-refractivity contribution is -0.130. The molecule has 3 rings (SSSR count). The van der Waals surface area contributed by atoms with E-state index in [0.717, 1.165) is 43.5 Å². The molecule has 1 aromatic heterocycles. The van der Waals surface area contributed by atoms with Crippen molar-refractivity contribution in [1.29, 1.82) is 0 Å². The molecule has 0 atom stereocenters. The smallest absolute Gasteiger partial charge is 0.242 e. The molecule has 7 heteroatoms. The van der Waals surface area contributed by atoms with Crippen LogP contribution >= 0.6 is 0 Å². The van der Waals surface area contributed by atoms with Gasteiger partial charge in [0.1, 0.15) is 5.82 Å². The fraction of sp³-hybridized carbons (Fsp3) is 0.409. The number of nitrogens with one attached hydrogen (secondary N) is 1. The molecule has 0 radical (unpaired) electrons. The molecular weight excluding hydrogens is 364 g/mol. The van der Waals surface area contributed by atoms with Gasteiger partial charge in [-0.15, -0.1) is 0 Å². The summed E-state index contributed by atoms with van der Waals surface area (Å²) in [5.41, 5.74) is 1.14. The lowest BCUT2D eigenvalue weighted by atomic mass is 10.2. The minimum Gasteiger partial charge on any atom is -0.353 e. The molecule has 29 heavy (non-hydrogen) atoms. The summed E-state index contributed by atoms with van der Waals surface area (Å²) in [5.74, 6) is 1.85. The quantitative estimate of drug-likeness (QED) is 0.598. The van der Waals surface area contributed by atoms with Gasteiger partial charge in [-0.2, -0.15) is 0 Å². The van der Waals surface area contributed by atoms with E-state index in [2.05, 4.69) is 25.1 Å². The Morgan fingerprint density at radius 2 is 1.83 bits per heavy atom. The number of aromatic nitrogens is 1. The average Bonchev–Trinajstić information content (AvgIpc) is 2.79. The van der Waals surface area contributed by atoms with E-state index in [1.165, 1.54) is 0 Å². The number of likely N-dealkylation sites (N-methyl/N-ethyl adjacent to an activating group) is 1. The van der Waals surface area contributed by atoms with Gasteiger partial charge in [-0.1, -0.05) is 36.4 Å². The van der Waals surface area contributed by atoms with Crippen LogP contribution in [-0.2, 0) is 11.3 Å². The van der Waals surface area contributed by atoms with Crippen LogP contribution in [0.15, 0.2) is 59.7 Å². The summed E-state index contributed by atoms with van der Waals surface area (Å²) in [4.78, 5) is 27.8. The molecule has 1 aromatic carbocycles. The summed E-state index contributed by atoms with van der Waals surface area (Å²) in [7, 11) is 1.76. The largest absolute Gasteiger partial charge is 0.353 e. The number of benzene rings is 1. The standard InChI is InChI=1S/C22H30N6O/c1-3-26(18-19-9-5-4-6-10-19)21(29)17-25-22(23-2)28-15-13-27(14-16-28)20-11-7-8-12-24-20/h4-12H,3,13-18H2,1-2H3,(H,23,25). The highest BCUT2D eigenvalue weighted by molar-refractivity contribution is 5.86. The lowest BCUT2D eigenvalue weighted by Gasteiger charge is -2.37. The normalized spacial score (nSPS) is 14.6. The summed E-state index contributed by atoms with van der Waals surface area (Å²) < 4.78 is 0. The second-order valence-electron chi connectivity index (χ2n) is 6.96. The Kier molecular flexibility index (Phi) is 7.44. The van der Waals surface area contributed by atoms with Gasteiger partial charge in [-0.3, -0.25) is 9.79 Å². The topological polar surface area (TPSA) is 64.1 Å². The first-order valence-corrected chi connectivity index (χ1v) is 10.1. The highest BCUT2D eigenvalue weighted by Gasteiger charge is 2.21. The monoisotopic (exact) mass is 394 g/mol. The number of rotatable bonds is 6. The molecule has 1 aliphatic heterocycles. The van der Waals surface area contributed by atoms with E-state index in [1.807, 2.05) is 66.6 Å². The number of anilines is 1. The number of hydrogen-bond donors (Lipinski definition) is 1. The van der Waals surface area contributed by atoms with Gasteiger partial charge in [0.2, 0.25) is 5.91 Å². The molecule has 0 bridgehead atoms. The van der Waals surface area contributed by atoms with Gasteiger partial charge in [-0.25, -0.2) is 4.98 Å². The molecule has 0 unspecified atom stereocenters. The third-order valence-electron chi connectivity index (χ3n) is 5.11. The summed E-state index contributed by atoms with van der Waals surface area (Å²) in [5, 5.41) is 3.24. The van der Waals surface area contributed by atoms with Crippen LogP contribution in [0.25, 0.3) is 0 Å². The van der Waals surface area contributed by atoms with Crippen molar-refractivity contribution < 1.29 is 4.79 Å². The second kappa shape index (κ2) is 10.5. The van der Waals surface area contributed by atoms with Crippen molar-refractivity contribution in [3.8, 4) is 0 Å². The predicted molar refractivity (Wildman–Crippen MR) is 117 cm³/mol. The maximum absolute atomic E-state index is 12.7. The highest BCUT2D eigenvalue weighted by Crippen LogP contribution is 2.12.